The van der Waals surface area contributed by atoms with Crippen molar-refractivity contribution in [2.45, 2.75) is 51.3 Å². The first kappa shape index (κ1) is 18.9. The number of carbonyl (C=O) groups excluding carboxylic acids is 1. The van der Waals surface area contributed by atoms with E-state index in [1.165, 1.54) is 34.0 Å². The molecule has 0 aliphatic rings. The molecule has 6 heteroatoms. The van der Waals surface area contributed by atoms with E-state index < -0.39 is 0 Å². The maximum atomic E-state index is 12.7. The Hall–Kier alpha value is -1.92. The number of nitrogens with one attached hydrogen (secondary N) is 1. The van der Waals surface area contributed by atoms with Crippen LogP contribution in [0.15, 0.2) is 29.3 Å². The molecule has 0 spiro atoms. The monoisotopic (exact) mass is 385 g/mol. The Labute approximate surface area is 162 Å². The molecule has 0 aliphatic heterocycles. The summed E-state index contributed by atoms with van der Waals surface area (Å²) < 4.78 is 0. The number of carbonyl (C=O) groups is 1. The van der Waals surface area contributed by atoms with Crippen molar-refractivity contribution in [3.63, 3.8) is 0 Å². The summed E-state index contributed by atoms with van der Waals surface area (Å²) in [6.07, 6.45) is 0.729. The van der Waals surface area contributed by atoms with Gasteiger partial charge in [0, 0.05) is 10.3 Å². The number of pyridine rings is 1. The standard InChI is InChI=1S/C20H23N3OS2/c1-6-16(19(24)23-20-21-13(4)14(5)25-20)26-17-10-12(3)15-9-7-8-11(2)18(15)22-17/h7-10,16H,6H2,1-5H3,(H,21,23,24). The van der Waals surface area contributed by atoms with E-state index in [0.29, 0.717) is 5.13 Å². The summed E-state index contributed by atoms with van der Waals surface area (Å²) in [5.41, 5.74) is 4.31. The number of nitrogens with zero attached hydrogens (tertiary/aromatic N) is 2. The molecule has 2 heterocycles. The average molecular weight is 386 g/mol. The summed E-state index contributed by atoms with van der Waals surface area (Å²) in [5.74, 6) is -0.0180. The highest BCUT2D eigenvalue weighted by molar-refractivity contribution is 8.00. The second-order valence-electron chi connectivity index (χ2n) is 6.41. The summed E-state index contributed by atoms with van der Waals surface area (Å²) in [6.45, 7) is 10.2. The van der Waals surface area contributed by atoms with Gasteiger partial charge in [-0.15, -0.1) is 11.3 Å². The third kappa shape index (κ3) is 3.91. The van der Waals surface area contributed by atoms with E-state index in [0.717, 1.165) is 33.1 Å². The molecule has 3 aromatic rings. The van der Waals surface area contributed by atoms with Crippen molar-refractivity contribution in [3.8, 4) is 0 Å². The number of aryl methyl sites for hydroxylation is 4. The lowest BCUT2D eigenvalue weighted by molar-refractivity contribution is -0.115. The van der Waals surface area contributed by atoms with Crippen LogP contribution in [0.1, 0.15) is 35.0 Å². The van der Waals surface area contributed by atoms with Crippen molar-refractivity contribution >= 4 is 45.0 Å². The van der Waals surface area contributed by atoms with Crippen molar-refractivity contribution in [3.05, 3.63) is 46.0 Å². The third-order valence-corrected chi connectivity index (χ3v) is 6.68. The molecular formula is C20H23N3OS2. The van der Waals surface area contributed by atoms with Crippen molar-refractivity contribution in [1.29, 1.82) is 0 Å². The van der Waals surface area contributed by atoms with E-state index >= 15 is 0 Å². The molecule has 1 aromatic carbocycles. The summed E-state index contributed by atoms with van der Waals surface area (Å²) >= 11 is 3.03. The second kappa shape index (κ2) is 7.76. The highest BCUT2D eigenvalue weighted by atomic mass is 32.2. The number of rotatable bonds is 5. The van der Waals surface area contributed by atoms with Gasteiger partial charge in [0.25, 0.3) is 0 Å². The fourth-order valence-electron chi connectivity index (χ4n) is 2.77. The molecule has 136 valence electrons. The molecule has 1 atom stereocenters. The Balaban J connectivity index is 1.82. The number of benzene rings is 1. The lowest BCUT2D eigenvalue weighted by Crippen LogP contribution is -2.24. The number of fused-ring (bicyclic) bond motifs is 1. The first-order valence-corrected chi connectivity index (χ1v) is 10.4. The van der Waals surface area contributed by atoms with E-state index in [-0.39, 0.29) is 11.2 Å². The number of hydrogen-bond acceptors (Lipinski definition) is 5. The first-order valence-electron chi connectivity index (χ1n) is 8.67. The van der Waals surface area contributed by atoms with Gasteiger partial charge in [-0.2, -0.15) is 0 Å². The molecule has 1 N–H and O–H groups in total. The summed E-state index contributed by atoms with van der Waals surface area (Å²) in [7, 11) is 0. The largest absolute Gasteiger partial charge is 0.301 e. The van der Waals surface area contributed by atoms with Crippen LogP contribution in [-0.4, -0.2) is 21.1 Å². The van der Waals surface area contributed by atoms with Crippen LogP contribution < -0.4 is 5.32 Å². The van der Waals surface area contributed by atoms with Crippen LogP contribution >= 0.6 is 23.1 Å². The van der Waals surface area contributed by atoms with Gasteiger partial charge in [-0.25, -0.2) is 9.97 Å². The Morgan fingerprint density at radius 1 is 1.19 bits per heavy atom. The Morgan fingerprint density at radius 2 is 1.96 bits per heavy atom. The molecule has 0 fully saturated rings. The molecule has 0 saturated carbocycles. The Kier molecular flexibility index (Phi) is 5.63. The minimum atomic E-state index is -0.201. The fraction of sp³-hybridized carbons (Fsp3) is 0.350. The number of hydrogen-bond donors (Lipinski definition) is 1. The van der Waals surface area contributed by atoms with Gasteiger partial charge in [0.2, 0.25) is 5.91 Å². The van der Waals surface area contributed by atoms with Gasteiger partial charge >= 0.3 is 0 Å². The van der Waals surface area contributed by atoms with E-state index in [4.69, 9.17) is 4.98 Å². The fourth-order valence-corrected chi connectivity index (χ4v) is 4.60. The number of amides is 1. The van der Waals surface area contributed by atoms with Gasteiger partial charge in [0.15, 0.2) is 5.13 Å². The smallest absolute Gasteiger partial charge is 0.239 e. The summed E-state index contributed by atoms with van der Waals surface area (Å²) in [5, 5.41) is 5.48. The molecule has 0 saturated heterocycles. The number of thioether (sulfide) groups is 1. The first-order chi connectivity index (χ1) is 12.4. The lowest BCUT2D eigenvalue weighted by Gasteiger charge is -2.14. The number of anilines is 1. The number of aromatic nitrogens is 2. The normalized spacial score (nSPS) is 12.3. The van der Waals surface area contributed by atoms with Gasteiger partial charge in [0.1, 0.15) is 0 Å². The molecule has 0 aliphatic carbocycles. The molecule has 2 aromatic heterocycles. The predicted molar refractivity (Wildman–Crippen MR) is 111 cm³/mol. The van der Waals surface area contributed by atoms with E-state index in [9.17, 15) is 4.79 Å². The zero-order chi connectivity index (χ0) is 18.8. The highest BCUT2D eigenvalue weighted by Crippen LogP contribution is 2.30. The minimum Gasteiger partial charge on any atom is -0.301 e. The summed E-state index contributed by atoms with van der Waals surface area (Å²) in [6, 6.07) is 8.29. The van der Waals surface area contributed by atoms with Crippen molar-refractivity contribution in [2.24, 2.45) is 0 Å². The second-order valence-corrected chi connectivity index (χ2v) is 8.84. The minimum absolute atomic E-state index is 0.0180. The Bertz CT molecular complexity index is 946. The van der Waals surface area contributed by atoms with E-state index in [2.05, 4.69) is 48.4 Å². The summed E-state index contributed by atoms with van der Waals surface area (Å²) in [4.78, 5) is 23.0. The van der Waals surface area contributed by atoms with E-state index in [1.807, 2.05) is 20.8 Å². The maximum Gasteiger partial charge on any atom is 0.239 e. The van der Waals surface area contributed by atoms with Crippen LogP contribution in [-0.2, 0) is 4.79 Å². The van der Waals surface area contributed by atoms with Crippen LogP contribution in [0.4, 0.5) is 5.13 Å². The molecule has 26 heavy (non-hydrogen) atoms. The van der Waals surface area contributed by atoms with Crippen molar-refractivity contribution < 1.29 is 4.79 Å². The SMILES string of the molecule is CCC(Sc1cc(C)c2cccc(C)c2n1)C(=O)Nc1nc(C)c(C)s1. The maximum absolute atomic E-state index is 12.7. The van der Waals surface area contributed by atoms with Crippen LogP contribution in [0.3, 0.4) is 0 Å². The quantitative estimate of drug-likeness (QED) is 0.595. The number of para-hydroxylation sites is 1. The van der Waals surface area contributed by atoms with Crippen molar-refractivity contribution in [1.82, 2.24) is 9.97 Å². The van der Waals surface area contributed by atoms with Crippen LogP contribution in [0, 0.1) is 27.7 Å². The van der Waals surface area contributed by atoms with Crippen LogP contribution in [0.5, 0.6) is 0 Å². The molecule has 3 rings (SSSR count). The van der Waals surface area contributed by atoms with Gasteiger partial charge in [-0.1, -0.05) is 36.9 Å². The van der Waals surface area contributed by atoms with Crippen LogP contribution in [0.2, 0.25) is 0 Å². The zero-order valence-corrected chi connectivity index (χ0v) is 17.3. The third-order valence-electron chi connectivity index (χ3n) is 4.41. The van der Waals surface area contributed by atoms with Gasteiger partial charge < -0.3 is 5.32 Å². The molecule has 1 unspecified atom stereocenters. The Morgan fingerprint density at radius 3 is 2.62 bits per heavy atom. The molecule has 0 radical (unpaired) electrons. The van der Waals surface area contributed by atoms with Crippen molar-refractivity contribution in [2.75, 3.05) is 5.32 Å². The predicted octanol–water partition coefficient (Wildman–Crippen LogP) is 5.43. The van der Waals surface area contributed by atoms with Gasteiger partial charge in [0.05, 0.1) is 21.5 Å². The van der Waals surface area contributed by atoms with Crippen LogP contribution in [0.25, 0.3) is 10.9 Å². The van der Waals surface area contributed by atoms with E-state index in [1.54, 1.807) is 0 Å². The highest BCUT2D eigenvalue weighted by Gasteiger charge is 2.21. The molecule has 4 nitrogen and oxygen atoms in total. The molecule has 1 amide bonds. The average Bonchev–Trinajstić information content (AvgIpc) is 2.91. The molecular weight excluding hydrogens is 362 g/mol. The topological polar surface area (TPSA) is 54.9 Å². The zero-order valence-electron chi connectivity index (χ0n) is 15.7. The van der Waals surface area contributed by atoms with Gasteiger partial charge in [-0.3, -0.25) is 4.79 Å². The lowest BCUT2D eigenvalue weighted by atomic mass is 10.1. The number of thiazole rings is 1. The molecule has 0 bridgehead atoms. The van der Waals surface area contributed by atoms with Gasteiger partial charge in [-0.05, 0) is 51.3 Å².